The van der Waals surface area contributed by atoms with Gasteiger partial charge in [-0.1, -0.05) is 23.8 Å². The Kier molecular flexibility index (Phi) is 4.29. The number of carbonyl (C=O) groups is 2. The number of amides is 1. The van der Waals surface area contributed by atoms with E-state index in [9.17, 15) is 9.59 Å². The van der Waals surface area contributed by atoms with Crippen LogP contribution >= 0.6 is 0 Å². The average Bonchev–Trinajstić information content (AvgIpc) is 2.94. The zero-order valence-corrected chi connectivity index (χ0v) is 13.4. The van der Waals surface area contributed by atoms with Crippen LogP contribution in [0, 0.1) is 6.92 Å². The van der Waals surface area contributed by atoms with E-state index in [1.807, 2.05) is 25.1 Å². The van der Waals surface area contributed by atoms with Crippen LogP contribution in [0.3, 0.4) is 0 Å². The second-order valence-electron chi connectivity index (χ2n) is 5.28. The highest BCUT2D eigenvalue weighted by molar-refractivity contribution is 6.07. The maximum absolute atomic E-state index is 12.5. The number of esters is 1. The number of nitrogens with one attached hydrogen (secondary N) is 1. The topological polar surface area (TPSA) is 72.7 Å². The van der Waals surface area contributed by atoms with Crippen molar-refractivity contribution in [3.8, 4) is 0 Å². The Morgan fingerprint density at radius 2 is 2.04 bits per heavy atom. The Hall–Kier alpha value is -3.15. The lowest BCUT2D eigenvalue weighted by Gasteiger charge is -2.08. The summed E-state index contributed by atoms with van der Waals surface area (Å²) in [5.41, 5.74) is 2.13. The Labute approximate surface area is 139 Å². The van der Waals surface area contributed by atoms with Gasteiger partial charge < -0.3 is 10.1 Å². The molecule has 0 bridgehead atoms. The molecule has 0 fully saturated rings. The van der Waals surface area contributed by atoms with Gasteiger partial charge in [-0.25, -0.2) is 9.78 Å². The van der Waals surface area contributed by atoms with Gasteiger partial charge in [-0.15, -0.1) is 0 Å². The van der Waals surface area contributed by atoms with Crippen LogP contribution in [0.1, 0.15) is 33.3 Å². The minimum absolute atomic E-state index is 0.0871. The molecule has 1 N–H and O–H groups in total. The Bertz CT molecular complexity index is 915. The largest absolute Gasteiger partial charge is 0.461 e. The molecule has 0 atom stereocenters. The first-order chi connectivity index (χ1) is 11.6. The monoisotopic (exact) mass is 323 g/mol. The SMILES string of the molecule is CCOC(=O)c1nc2ccccn2c1NC(=O)c1cccc(C)c1. The predicted octanol–water partition coefficient (Wildman–Crippen LogP) is 3.07. The number of aromatic nitrogens is 2. The lowest BCUT2D eigenvalue weighted by molar-refractivity contribution is 0.0521. The van der Waals surface area contributed by atoms with Gasteiger partial charge in [-0.2, -0.15) is 0 Å². The molecule has 6 heteroatoms. The third-order valence-corrected chi connectivity index (χ3v) is 3.51. The quantitative estimate of drug-likeness (QED) is 0.749. The van der Waals surface area contributed by atoms with Gasteiger partial charge in [-0.05, 0) is 38.1 Å². The van der Waals surface area contributed by atoms with Crippen molar-refractivity contribution in [3.05, 3.63) is 65.5 Å². The van der Waals surface area contributed by atoms with Gasteiger partial charge >= 0.3 is 5.97 Å². The summed E-state index contributed by atoms with van der Waals surface area (Å²) in [6.07, 6.45) is 1.73. The van der Waals surface area contributed by atoms with Crippen LogP contribution in [-0.4, -0.2) is 27.9 Å². The summed E-state index contributed by atoms with van der Waals surface area (Å²) in [5.74, 6) is -0.578. The zero-order valence-electron chi connectivity index (χ0n) is 13.4. The normalized spacial score (nSPS) is 10.6. The van der Waals surface area contributed by atoms with Gasteiger partial charge in [0.05, 0.1) is 6.61 Å². The van der Waals surface area contributed by atoms with Crippen LogP contribution in [0.25, 0.3) is 5.65 Å². The maximum Gasteiger partial charge on any atom is 0.360 e. The summed E-state index contributed by atoms with van der Waals surface area (Å²) in [6, 6.07) is 12.6. The molecule has 0 aliphatic carbocycles. The third-order valence-electron chi connectivity index (χ3n) is 3.51. The van der Waals surface area contributed by atoms with Gasteiger partial charge in [0.25, 0.3) is 5.91 Å². The van der Waals surface area contributed by atoms with Crippen LogP contribution in [-0.2, 0) is 4.74 Å². The fourth-order valence-electron chi connectivity index (χ4n) is 2.42. The summed E-state index contributed by atoms with van der Waals surface area (Å²) in [6.45, 7) is 3.87. The zero-order chi connectivity index (χ0) is 17.1. The van der Waals surface area contributed by atoms with E-state index in [-0.39, 0.29) is 18.2 Å². The summed E-state index contributed by atoms with van der Waals surface area (Å²) >= 11 is 0. The van der Waals surface area contributed by atoms with Crippen molar-refractivity contribution in [1.82, 2.24) is 9.38 Å². The molecule has 3 rings (SSSR count). The molecule has 122 valence electrons. The highest BCUT2D eigenvalue weighted by Gasteiger charge is 2.22. The maximum atomic E-state index is 12.5. The molecule has 6 nitrogen and oxygen atoms in total. The summed E-state index contributed by atoms with van der Waals surface area (Å²) in [5, 5.41) is 2.78. The molecule has 0 aliphatic rings. The van der Waals surface area contributed by atoms with Crippen LogP contribution in [0.4, 0.5) is 5.82 Å². The number of rotatable bonds is 4. The minimum Gasteiger partial charge on any atom is -0.461 e. The number of hydrogen-bond acceptors (Lipinski definition) is 4. The second kappa shape index (κ2) is 6.54. The number of aryl methyl sites for hydroxylation is 1. The highest BCUT2D eigenvalue weighted by Crippen LogP contribution is 2.20. The number of fused-ring (bicyclic) bond motifs is 1. The van der Waals surface area contributed by atoms with Gasteiger partial charge in [0.2, 0.25) is 0 Å². The van der Waals surface area contributed by atoms with Crippen molar-refractivity contribution >= 4 is 23.3 Å². The molecule has 0 spiro atoms. The summed E-state index contributed by atoms with van der Waals surface area (Å²) in [7, 11) is 0. The molecule has 1 aromatic carbocycles. The van der Waals surface area contributed by atoms with Gasteiger partial charge in [0, 0.05) is 11.8 Å². The standard InChI is InChI=1S/C18H17N3O3/c1-3-24-18(23)15-16(21-10-5-4-9-14(21)19-15)20-17(22)13-8-6-7-12(2)11-13/h4-11H,3H2,1-2H3,(H,20,22). The molecule has 0 aliphatic heterocycles. The molecule has 0 radical (unpaired) electrons. The molecular formula is C18H17N3O3. The lowest BCUT2D eigenvalue weighted by Crippen LogP contribution is -2.17. The van der Waals surface area contributed by atoms with E-state index < -0.39 is 5.97 Å². The third kappa shape index (κ3) is 2.99. The van der Waals surface area contributed by atoms with E-state index in [0.29, 0.717) is 17.0 Å². The molecular weight excluding hydrogens is 306 g/mol. The molecule has 3 aromatic rings. The van der Waals surface area contributed by atoms with Gasteiger partial charge in [-0.3, -0.25) is 9.20 Å². The average molecular weight is 323 g/mol. The Morgan fingerprint density at radius 3 is 2.79 bits per heavy atom. The van der Waals surface area contributed by atoms with E-state index >= 15 is 0 Å². The number of ether oxygens (including phenoxy) is 1. The van der Waals surface area contributed by atoms with Crippen molar-refractivity contribution in [3.63, 3.8) is 0 Å². The van der Waals surface area contributed by atoms with Crippen LogP contribution in [0.5, 0.6) is 0 Å². The van der Waals surface area contributed by atoms with Crippen LogP contribution < -0.4 is 5.32 Å². The number of imidazole rings is 1. The molecule has 24 heavy (non-hydrogen) atoms. The van der Waals surface area contributed by atoms with Crippen molar-refractivity contribution in [2.75, 3.05) is 11.9 Å². The second-order valence-corrected chi connectivity index (χ2v) is 5.28. The highest BCUT2D eigenvalue weighted by atomic mass is 16.5. The number of hydrogen-bond donors (Lipinski definition) is 1. The van der Waals surface area contributed by atoms with Crippen LogP contribution in [0.15, 0.2) is 48.7 Å². The van der Waals surface area contributed by atoms with E-state index in [1.54, 1.807) is 41.8 Å². The predicted molar refractivity (Wildman–Crippen MR) is 90.3 cm³/mol. The summed E-state index contributed by atoms with van der Waals surface area (Å²) in [4.78, 5) is 29.0. The molecule has 2 aromatic heterocycles. The molecule has 1 amide bonds. The smallest absolute Gasteiger partial charge is 0.360 e. The number of pyridine rings is 1. The fourth-order valence-corrected chi connectivity index (χ4v) is 2.42. The van der Waals surface area contributed by atoms with Crippen molar-refractivity contribution in [1.29, 1.82) is 0 Å². The number of carbonyl (C=O) groups excluding carboxylic acids is 2. The first-order valence-corrected chi connectivity index (χ1v) is 7.62. The van der Waals surface area contributed by atoms with Crippen molar-refractivity contribution in [2.45, 2.75) is 13.8 Å². The molecule has 0 saturated carbocycles. The molecule has 0 saturated heterocycles. The van der Waals surface area contributed by atoms with Gasteiger partial charge in [0.15, 0.2) is 11.5 Å². The number of nitrogens with zero attached hydrogens (tertiary/aromatic N) is 2. The van der Waals surface area contributed by atoms with Crippen molar-refractivity contribution in [2.24, 2.45) is 0 Å². The molecule has 2 heterocycles. The first kappa shape index (κ1) is 15.7. The number of anilines is 1. The van der Waals surface area contributed by atoms with Crippen LogP contribution in [0.2, 0.25) is 0 Å². The Balaban J connectivity index is 2.02. The minimum atomic E-state index is -0.569. The van der Waals surface area contributed by atoms with E-state index in [2.05, 4.69) is 10.3 Å². The van der Waals surface area contributed by atoms with E-state index in [1.165, 1.54) is 0 Å². The molecule has 0 unspecified atom stereocenters. The van der Waals surface area contributed by atoms with E-state index in [0.717, 1.165) is 5.56 Å². The fraction of sp³-hybridized carbons (Fsp3) is 0.167. The number of benzene rings is 1. The van der Waals surface area contributed by atoms with Gasteiger partial charge in [0.1, 0.15) is 5.65 Å². The lowest BCUT2D eigenvalue weighted by atomic mass is 10.1. The van der Waals surface area contributed by atoms with E-state index in [4.69, 9.17) is 4.74 Å². The Morgan fingerprint density at radius 1 is 1.21 bits per heavy atom. The first-order valence-electron chi connectivity index (χ1n) is 7.62. The van der Waals surface area contributed by atoms with Crippen molar-refractivity contribution < 1.29 is 14.3 Å². The summed E-state index contributed by atoms with van der Waals surface area (Å²) < 4.78 is 6.69.